The number of hydrogen-bond acceptors (Lipinski definition) is 1. The Morgan fingerprint density at radius 3 is 2.67 bits per heavy atom. The monoisotopic (exact) mass is 242 g/mol. The Morgan fingerprint density at radius 2 is 2.07 bits per heavy atom. The lowest BCUT2D eigenvalue weighted by Gasteiger charge is -2.08. The molecule has 0 radical (unpaired) electrons. The van der Waals surface area contributed by atoms with Gasteiger partial charge < -0.3 is 0 Å². The lowest BCUT2D eigenvalue weighted by Crippen LogP contribution is -2.07. The van der Waals surface area contributed by atoms with Crippen molar-refractivity contribution in [3.8, 4) is 0 Å². The molecule has 2 atom stereocenters. The van der Waals surface area contributed by atoms with Gasteiger partial charge in [0.1, 0.15) is 4.71 Å². The molecule has 1 rings (SSSR count). The number of unbranched alkanes of at least 4 members (excludes halogenated alkanes) is 1. The molecular weight excluding hydrogens is 228 g/mol. The highest BCUT2D eigenvalue weighted by molar-refractivity contribution is 7.87. The summed E-state index contributed by atoms with van der Waals surface area (Å²) in [5.74, 6) is 0. The third kappa shape index (κ3) is 4.18. The Bertz CT molecular complexity index is 324. The molecule has 1 aromatic rings. The van der Waals surface area contributed by atoms with E-state index in [0.29, 0.717) is 0 Å². The van der Waals surface area contributed by atoms with Crippen molar-refractivity contribution in [3.05, 3.63) is 43.0 Å². The van der Waals surface area contributed by atoms with Crippen molar-refractivity contribution in [1.29, 1.82) is 0 Å². The maximum Gasteiger partial charge on any atom is 0.113 e. The summed E-state index contributed by atoms with van der Waals surface area (Å²) in [6.07, 6.45) is 4.48. The SMILES string of the molecule is C=CCCCC(Cl)S(=O)c1ccccc1. The molecular formula is C12H15ClOS. The molecule has 0 fully saturated rings. The van der Waals surface area contributed by atoms with E-state index in [1.54, 1.807) is 0 Å². The van der Waals surface area contributed by atoms with Gasteiger partial charge in [-0.2, -0.15) is 0 Å². The summed E-state index contributed by atoms with van der Waals surface area (Å²) >= 11 is 6.07. The second-order valence-electron chi connectivity index (χ2n) is 3.24. The van der Waals surface area contributed by atoms with Crippen molar-refractivity contribution < 1.29 is 4.21 Å². The highest BCUT2D eigenvalue weighted by atomic mass is 35.5. The summed E-state index contributed by atoms with van der Waals surface area (Å²) < 4.78 is 11.6. The van der Waals surface area contributed by atoms with Crippen LogP contribution in [0.5, 0.6) is 0 Å². The number of alkyl halides is 1. The van der Waals surface area contributed by atoms with E-state index in [2.05, 4.69) is 6.58 Å². The van der Waals surface area contributed by atoms with Crippen LogP contribution in [0.2, 0.25) is 0 Å². The topological polar surface area (TPSA) is 17.1 Å². The van der Waals surface area contributed by atoms with Crippen molar-refractivity contribution in [3.63, 3.8) is 0 Å². The highest BCUT2D eigenvalue weighted by Crippen LogP contribution is 2.18. The van der Waals surface area contributed by atoms with Crippen LogP contribution in [0, 0.1) is 0 Å². The molecule has 0 aliphatic heterocycles. The van der Waals surface area contributed by atoms with Gasteiger partial charge in [0.15, 0.2) is 0 Å². The Morgan fingerprint density at radius 1 is 1.40 bits per heavy atom. The molecule has 0 spiro atoms. The van der Waals surface area contributed by atoms with Gasteiger partial charge in [-0.15, -0.1) is 18.2 Å². The van der Waals surface area contributed by atoms with Gasteiger partial charge in [-0.25, -0.2) is 0 Å². The van der Waals surface area contributed by atoms with Gasteiger partial charge in [0.25, 0.3) is 0 Å². The average Bonchev–Trinajstić information content (AvgIpc) is 2.29. The summed E-state index contributed by atoms with van der Waals surface area (Å²) in [6.45, 7) is 3.64. The van der Waals surface area contributed by atoms with Crippen LogP contribution in [-0.2, 0) is 10.8 Å². The van der Waals surface area contributed by atoms with E-state index in [1.807, 2.05) is 36.4 Å². The number of rotatable bonds is 6. The zero-order valence-electron chi connectivity index (χ0n) is 8.56. The molecule has 0 bridgehead atoms. The maximum atomic E-state index is 11.9. The summed E-state index contributed by atoms with van der Waals surface area (Å²) in [5.41, 5.74) is 0. The fraction of sp³-hybridized carbons (Fsp3) is 0.333. The number of hydrogen-bond donors (Lipinski definition) is 0. The van der Waals surface area contributed by atoms with Crippen molar-refractivity contribution in [2.45, 2.75) is 28.9 Å². The smallest absolute Gasteiger partial charge is 0.113 e. The molecule has 0 aliphatic rings. The number of allylic oxidation sites excluding steroid dienone is 1. The second kappa shape index (κ2) is 6.81. The highest BCUT2D eigenvalue weighted by Gasteiger charge is 2.14. The van der Waals surface area contributed by atoms with Gasteiger partial charge in [-0.1, -0.05) is 24.3 Å². The summed E-state index contributed by atoms with van der Waals surface area (Å²) in [7, 11) is -1.10. The van der Waals surface area contributed by atoms with Crippen molar-refractivity contribution in [2.24, 2.45) is 0 Å². The molecule has 0 aliphatic carbocycles. The summed E-state index contributed by atoms with van der Waals surface area (Å²) in [4.78, 5) is 0.802. The van der Waals surface area contributed by atoms with Gasteiger partial charge in [0.2, 0.25) is 0 Å². The normalized spacial score (nSPS) is 14.5. The van der Waals surface area contributed by atoms with E-state index in [9.17, 15) is 4.21 Å². The quantitative estimate of drug-likeness (QED) is 0.422. The molecule has 0 saturated heterocycles. The lowest BCUT2D eigenvalue weighted by atomic mass is 10.2. The van der Waals surface area contributed by atoms with Crippen LogP contribution in [-0.4, -0.2) is 8.92 Å². The van der Waals surface area contributed by atoms with Crippen molar-refractivity contribution >= 4 is 22.4 Å². The number of halogens is 1. The van der Waals surface area contributed by atoms with Gasteiger partial charge in [0, 0.05) is 4.90 Å². The van der Waals surface area contributed by atoms with Gasteiger partial charge in [-0.05, 0) is 31.4 Å². The van der Waals surface area contributed by atoms with E-state index >= 15 is 0 Å². The minimum Gasteiger partial charge on any atom is -0.253 e. The minimum atomic E-state index is -1.10. The van der Waals surface area contributed by atoms with Crippen LogP contribution < -0.4 is 0 Å². The first-order valence-electron chi connectivity index (χ1n) is 4.96. The first-order chi connectivity index (χ1) is 7.25. The predicted molar refractivity (Wildman–Crippen MR) is 66.5 cm³/mol. The molecule has 0 amide bonds. The van der Waals surface area contributed by atoms with Crippen LogP contribution in [0.3, 0.4) is 0 Å². The largest absolute Gasteiger partial charge is 0.253 e. The molecule has 1 nitrogen and oxygen atoms in total. The predicted octanol–water partition coefficient (Wildman–Crippen LogP) is 3.72. The zero-order valence-corrected chi connectivity index (χ0v) is 10.1. The molecule has 15 heavy (non-hydrogen) atoms. The molecule has 0 heterocycles. The molecule has 0 N–H and O–H groups in total. The van der Waals surface area contributed by atoms with Gasteiger partial charge in [-0.3, -0.25) is 4.21 Å². The van der Waals surface area contributed by atoms with Gasteiger partial charge in [0.05, 0.1) is 10.8 Å². The maximum absolute atomic E-state index is 11.9. The third-order valence-corrected chi connectivity index (χ3v) is 4.19. The zero-order chi connectivity index (χ0) is 11.1. The average molecular weight is 243 g/mol. The van der Waals surface area contributed by atoms with E-state index in [4.69, 9.17) is 11.6 Å². The summed E-state index contributed by atoms with van der Waals surface area (Å²) in [5, 5.41) is 0. The van der Waals surface area contributed by atoms with Crippen LogP contribution in [0.1, 0.15) is 19.3 Å². The Labute approximate surface area is 98.6 Å². The number of benzene rings is 1. The standard InChI is InChI=1S/C12H15ClOS/c1-2-3-5-10-12(13)15(14)11-8-6-4-7-9-11/h2,4,6-9,12H,1,3,5,10H2. The third-order valence-electron chi connectivity index (χ3n) is 2.05. The fourth-order valence-corrected chi connectivity index (χ4v) is 2.80. The summed E-state index contributed by atoms with van der Waals surface area (Å²) in [6, 6.07) is 9.35. The first-order valence-corrected chi connectivity index (χ1v) is 6.61. The molecule has 0 saturated carbocycles. The second-order valence-corrected chi connectivity index (χ2v) is 5.66. The molecule has 2 unspecified atom stereocenters. The lowest BCUT2D eigenvalue weighted by molar-refractivity contribution is 0.673. The molecule has 82 valence electrons. The molecule has 3 heteroatoms. The van der Waals surface area contributed by atoms with Crippen LogP contribution in [0.25, 0.3) is 0 Å². The molecule has 0 aromatic heterocycles. The Kier molecular flexibility index (Phi) is 5.66. The van der Waals surface area contributed by atoms with E-state index in [0.717, 1.165) is 24.2 Å². The van der Waals surface area contributed by atoms with Crippen LogP contribution in [0.4, 0.5) is 0 Å². The van der Waals surface area contributed by atoms with Crippen molar-refractivity contribution in [1.82, 2.24) is 0 Å². The van der Waals surface area contributed by atoms with Gasteiger partial charge >= 0.3 is 0 Å². The van der Waals surface area contributed by atoms with Crippen molar-refractivity contribution in [2.75, 3.05) is 0 Å². The van der Waals surface area contributed by atoms with E-state index in [1.165, 1.54) is 0 Å². The van der Waals surface area contributed by atoms with Crippen LogP contribution >= 0.6 is 11.6 Å². The minimum absolute atomic E-state index is 0.299. The Hall–Kier alpha value is -0.600. The molecule has 1 aromatic carbocycles. The van der Waals surface area contributed by atoms with Crippen LogP contribution in [0.15, 0.2) is 47.9 Å². The van der Waals surface area contributed by atoms with E-state index < -0.39 is 10.8 Å². The van der Waals surface area contributed by atoms with E-state index in [-0.39, 0.29) is 4.71 Å². The Balaban J connectivity index is 2.50. The first kappa shape index (κ1) is 12.5. The fourth-order valence-electron chi connectivity index (χ4n) is 1.23.